The van der Waals surface area contributed by atoms with E-state index in [9.17, 15) is 18.8 Å². The van der Waals surface area contributed by atoms with Gasteiger partial charge in [0.25, 0.3) is 5.91 Å². The van der Waals surface area contributed by atoms with E-state index in [1.54, 1.807) is 18.2 Å². The molecule has 4 rings (SSSR count). The normalized spacial score (nSPS) is 22.0. The maximum absolute atomic E-state index is 14.0. The summed E-state index contributed by atoms with van der Waals surface area (Å²) in [6.45, 7) is 0.199. The smallest absolute Gasteiger partial charge is 0.255 e. The lowest BCUT2D eigenvalue weighted by Crippen LogP contribution is -2.52. The number of halogens is 1. The Morgan fingerprint density at radius 3 is 2.89 bits per heavy atom. The van der Waals surface area contributed by atoms with Crippen molar-refractivity contribution in [1.82, 2.24) is 10.2 Å². The summed E-state index contributed by atoms with van der Waals surface area (Å²) >= 11 is 0. The first kappa shape index (κ1) is 16.7. The molecule has 28 heavy (non-hydrogen) atoms. The van der Waals surface area contributed by atoms with Gasteiger partial charge in [0.2, 0.25) is 11.8 Å². The third-order valence-corrected chi connectivity index (χ3v) is 4.94. The molecule has 2 aliphatic rings. The van der Waals surface area contributed by atoms with Gasteiger partial charge in [0.1, 0.15) is 11.8 Å². The van der Waals surface area contributed by atoms with Crippen molar-refractivity contribution in [2.45, 2.75) is 31.9 Å². The molecule has 1 atom stereocenters. The molecule has 2 aromatic rings. The molecular formula is C20H19FN4O3. The van der Waals surface area contributed by atoms with Crippen molar-refractivity contribution in [2.75, 3.05) is 11.1 Å². The second kappa shape index (κ2) is 6.95. The molecule has 4 N–H and O–H groups in total. The fourth-order valence-electron chi connectivity index (χ4n) is 3.50. The Balaban J connectivity index is 1.59. The molecule has 2 aliphatic heterocycles. The molecule has 144 valence electrons. The first-order valence-corrected chi connectivity index (χ1v) is 8.85. The van der Waals surface area contributed by atoms with Gasteiger partial charge in [0.15, 0.2) is 0 Å². The molecular weight excluding hydrogens is 363 g/mol. The minimum atomic E-state index is -1.85. The first-order valence-electron chi connectivity index (χ1n) is 9.35. The van der Waals surface area contributed by atoms with Gasteiger partial charge in [-0.05, 0) is 36.8 Å². The summed E-state index contributed by atoms with van der Waals surface area (Å²) in [4.78, 5) is 37.8. The zero-order valence-corrected chi connectivity index (χ0v) is 14.9. The van der Waals surface area contributed by atoms with Crippen LogP contribution >= 0.6 is 0 Å². The van der Waals surface area contributed by atoms with Crippen LogP contribution in [0.5, 0.6) is 0 Å². The molecule has 8 heteroatoms. The van der Waals surface area contributed by atoms with E-state index in [1.165, 1.54) is 23.1 Å². The maximum Gasteiger partial charge on any atom is 0.255 e. The number of nitrogens with two attached hydrogens (primary N) is 1. The largest absolute Gasteiger partial charge is 0.399 e. The zero-order valence-electron chi connectivity index (χ0n) is 15.9. The second-order valence-electron chi connectivity index (χ2n) is 6.75. The van der Waals surface area contributed by atoms with Crippen LogP contribution in [0.3, 0.4) is 0 Å². The van der Waals surface area contributed by atoms with Crippen molar-refractivity contribution in [3.05, 3.63) is 58.9 Å². The van der Waals surface area contributed by atoms with Crippen molar-refractivity contribution >= 4 is 29.1 Å². The highest BCUT2D eigenvalue weighted by Crippen LogP contribution is 2.32. The Morgan fingerprint density at radius 1 is 1.29 bits per heavy atom. The third kappa shape index (κ3) is 3.17. The lowest BCUT2D eigenvalue weighted by atomic mass is 10.0. The van der Waals surface area contributed by atoms with E-state index in [0.717, 1.165) is 0 Å². The van der Waals surface area contributed by atoms with Gasteiger partial charge in [-0.15, -0.1) is 0 Å². The Hall–Kier alpha value is -3.42. The Morgan fingerprint density at radius 2 is 2.11 bits per heavy atom. The summed E-state index contributed by atoms with van der Waals surface area (Å²) < 4.78 is 22.5. The Bertz CT molecular complexity index is 1040. The quantitative estimate of drug-likeness (QED) is 0.551. The molecule has 0 radical (unpaired) electrons. The van der Waals surface area contributed by atoms with E-state index in [0.29, 0.717) is 28.1 Å². The van der Waals surface area contributed by atoms with Crippen molar-refractivity contribution in [2.24, 2.45) is 0 Å². The summed E-state index contributed by atoms with van der Waals surface area (Å²) in [5, 5.41) is 5.25. The summed E-state index contributed by atoms with van der Waals surface area (Å²) in [5.74, 6) is -2.09. The van der Waals surface area contributed by atoms with Crippen LogP contribution in [0, 0.1) is 5.82 Å². The lowest BCUT2D eigenvalue weighted by Gasteiger charge is -2.29. The van der Waals surface area contributed by atoms with Crippen LogP contribution < -0.4 is 16.4 Å². The summed E-state index contributed by atoms with van der Waals surface area (Å²) in [5.41, 5.74) is 8.14. The number of hydrogen-bond donors (Lipinski definition) is 3. The highest BCUT2D eigenvalue weighted by atomic mass is 19.1. The van der Waals surface area contributed by atoms with Crippen molar-refractivity contribution < 1.29 is 20.1 Å². The number of piperidine rings is 1. The molecule has 7 nitrogen and oxygen atoms in total. The van der Waals surface area contributed by atoms with Crippen molar-refractivity contribution in [3.63, 3.8) is 0 Å². The van der Waals surface area contributed by atoms with Crippen LogP contribution in [0.25, 0.3) is 0 Å². The minimum absolute atomic E-state index is 0.00478. The van der Waals surface area contributed by atoms with Crippen LogP contribution in [0.2, 0.25) is 0 Å². The van der Waals surface area contributed by atoms with Crippen molar-refractivity contribution in [1.29, 1.82) is 0 Å². The van der Waals surface area contributed by atoms with Crippen molar-refractivity contribution in [3.8, 4) is 0 Å². The summed E-state index contributed by atoms with van der Waals surface area (Å²) in [7, 11) is 0. The lowest BCUT2D eigenvalue weighted by molar-refractivity contribution is -0.136. The van der Waals surface area contributed by atoms with Gasteiger partial charge in [-0.2, -0.15) is 0 Å². The van der Waals surface area contributed by atoms with Gasteiger partial charge >= 0.3 is 0 Å². The monoisotopic (exact) mass is 383 g/mol. The molecule has 2 heterocycles. The predicted molar refractivity (Wildman–Crippen MR) is 101 cm³/mol. The third-order valence-electron chi connectivity index (χ3n) is 4.94. The van der Waals surface area contributed by atoms with Gasteiger partial charge in [-0.1, -0.05) is 6.07 Å². The van der Waals surface area contributed by atoms with Crippen LogP contribution in [0.1, 0.15) is 35.7 Å². The minimum Gasteiger partial charge on any atom is -0.399 e. The number of hydrogen-bond acceptors (Lipinski definition) is 5. The fourth-order valence-corrected chi connectivity index (χ4v) is 3.50. The molecule has 1 unspecified atom stereocenters. The molecule has 0 aromatic heterocycles. The maximum atomic E-state index is 14.0. The summed E-state index contributed by atoms with van der Waals surface area (Å²) in [6.07, 6.45) is -0.0656. The molecule has 1 fully saturated rings. The number of nitrogens with zero attached hydrogens (tertiary/aromatic N) is 1. The number of carbonyl (C=O) groups is 3. The number of benzene rings is 2. The number of rotatable bonds is 4. The molecule has 0 saturated carbocycles. The van der Waals surface area contributed by atoms with E-state index < -0.39 is 29.6 Å². The average Bonchev–Trinajstić information content (AvgIpc) is 3.04. The van der Waals surface area contributed by atoms with E-state index in [2.05, 4.69) is 10.6 Å². The Kier molecular flexibility index (Phi) is 4.16. The molecule has 0 bridgehead atoms. The second-order valence-corrected chi connectivity index (χ2v) is 6.75. The standard InChI is InChI=1S/C20H19FN4O3/c21-15-5-4-12(22)8-11(15)9-23-16-3-1-2-13-14(16)10-25(20(13)28)17-6-7-18(26)24-19(17)27/h1-5,8,17,23H,6-7,9-10,22H2,(H,24,26,27)/i17D. The highest BCUT2D eigenvalue weighted by molar-refractivity contribution is 6.06. The zero-order chi connectivity index (χ0) is 20.8. The number of nitrogens with one attached hydrogen (secondary N) is 2. The Labute approximate surface area is 162 Å². The molecule has 0 aliphatic carbocycles. The van der Waals surface area contributed by atoms with Gasteiger partial charge in [-0.25, -0.2) is 4.39 Å². The number of carbonyl (C=O) groups excluding carboxylic acids is 3. The first-order chi connectivity index (χ1) is 13.8. The van der Waals surface area contributed by atoms with Crippen LogP contribution in [0.4, 0.5) is 15.8 Å². The van der Waals surface area contributed by atoms with E-state index in [-0.39, 0.29) is 25.9 Å². The number of amides is 3. The molecule has 1 saturated heterocycles. The van der Waals surface area contributed by atoms with Crippen LogP contribution in [0.15, 0.2) is 36.4 Å². The SMILES string of the molecule is [2H]C1(N2Cc3c(NCc4cc(N)ccc4F)cccc3C2=O)CCC(=O)NC1=O. The van der Waals surface area contributed by atoms with Gasteiger partial charge in [0, 0.05) is 47.6 Å². The number of anilines is 2. The van der Waals surface area contributed by atoms with Crippen LogP contribution in [-0.4, -0.2) is 28.6 Å². The number of imide groups is 1. The van der Waals surface area contributed by atoms with E-state index >= 15 is 0 Å². The number of fused-ring (bicyclic) bond motifs is 1. The summed E-state index contributed by atoms with van der Waals surface area (Å²) in [6, 6.07) is 7.51. The average molecular weight is 383 g/mol. The number of nitrogen functional groups attached to an aromatic ring is 1. The highest BCUT2D eigenvalue weighted by Gasteiger charge is 2.39. The topological polar surface area (TPSA) is 105 Å². The fraction of sp³-hybridized carbons (Fsp3) is 0.250. The van der Waals surface area contributed by atoms with Gasteiger partial charge in [0.05, 0.1) is 1.37 Å². The molecule has 0 spiro atoms. The molecule has 3 amide bonds. The molecule has 2 aromatic carbocycles. The van der Waals surface area contributed by atoms with E-state index in [4.69, 9.17) is 7.10 Å². The predicted octanol–water partition coefficient (Wildman–Crippen LogP) is 1.78. The van der Waals surface area contributed by atoms with Crippen LogP contribution in [-0.2, 0) is 22.7 Å². The van der Waals surface area contributed by atoms with Gasteiger partial charge < -0.3 is 16.0 Å². The van der Waals surface area contributed by atoms with E-state index in [1.807, 2.05) is 0 Å². The van der Waals surface area contributed by atoms with Gasteiger partial charge in [-0.3, -0.25) is 19.7 Å².